The molecule has 3 aromatic carbocycles. The van der Waals surface area contributed by atoms with Crippen LogP contribution in [-0.2, 0) is 0 Å². The van der Waals surface area contributed by atoms with Crippen molar-refractivity contribution < 1.29 is 9.90 Å². The SMILES string of the molecule is C[C@@H](CC1CCCC(c2ccc(C(=O)NCCO)cc2)C1)c1cccc2ccccc12. The third-order valence-corrected chi connectivity index (χ3v) is 6.87. The van der Waals surface area contributed by atoms with Crippen LogP contribution in [0.2, 0.25) is 0 Å². The van der Waals surface area contributed by atoms with Gasteiger partial charge < -0.3 is 10.4 Å². The van der Waals surface area contributed by atoms with Crippen molar-refractivity contribution >= 4 is 16.7 Å². The third kappa shape index (κ3) is 5.16. The number of fused-ring (bicyclic) bond motifs is 1. The van der Waals surface area contributed by atoms with Crippen LogP contribution in [0.15, 0.2) is 66.7 Å². The summed E-state index contributed by atoms with van der Waals surface area (Å²) in [6, 6.07) is 23.5. The van der Waals surface area contributed by atoms with E-state index in [9.17, 15) is 4.79 Å². The minimum absolute atomic E-state index is 0.0372. The summed E-state index contributed by atoms with van der Waals surface area (Å²) in [6.45, 7) is 2.63. The molecule has 2 unspecified atom stereocenters. The number of benzene rings is 3. The molecule has 1 amide bonds. The van der Waals surface area contributed by atoms with Crippen molar-refractivity contribution in [3.8, 4) is 0 Å². The van der Waals surface area contributed by atoms with Crippen LogP contribution in [0.25, 0.3) is 10.8 Å². The van der Waals surface area contributed by atoms with Crippen LogP contribution in [0.1, 0.15) is 72.3 Å². The molecule has 0 aliphatic heterocycles. The molecule has 2 N–H and O–H groups in total. The summed E-state index contributed by atoms with van der Waals surface area (Å²) in [5, 5.41) is 14.3. The lowest BCUT2D eigenvalue weighted by Crippen LogP contribution is -2.26. The van der Waals surface area contributed by atoms with Crippen LogP contribution < -0.4 is 5.32 Å². The predicted octanol–water partition coefficient (Wildman–Crippen LogP) is 6.03. The van der Waals surface area contributed by atoms with Gasteiger partial charge in [0, 0.05) is 12.1 Å². The lowest BCUT2D eigenvalue weighted by molar-refractivity contribution is 0.0944. The fourth-order valence-electron chi connectivity index (χ4n) is 5.29. The van der Waals surface area contributed by atoms with Gasteiger partial charge >= 0.3 is 0 Å². The van der Waals surface area contributed by atoms with Crippen molar-refractivity contribution in [3.63, 3.8) is 0 Å². The Balaban J connectivity index is 1.41. The van der Waals surface area contributed by atoms with Gasteiger partial charge in [-0.1, -0.05) is 74.4 Å². The number of amides is 1. The van der Waals surface area contributed by atoms with Crippen molar-refractivity contribution in [2.24, 2.45) is 5.92 Å². The van der Waals surface area contributed by atoms with Gasteiger partial charge in [-0.2, -0.15) is 0 Å². The first-order valence-corrected chi connectivity index (χ1v) is 11.6. The average Bonchev–Trinajstić information content (AvgIpc) is 2.82. The van der Waals surface area contributed by atoms with Crippen LogP contribution in [0, 0.1) is 5.92 Å². The van der Waals surface area contributed by atoms with E-state index in [1.54, 1.807) is 0 Å². The molecule has 3 nitrogen and oxygen atoms in total. The second kappa shape index (κ2) is 10.1. The predicted molar refractivity (Wildman–Crippen MR) is 128 cm³/mol. The van der Waals surface area contributed by atoms with Gasteiger partial charge in [0.15, 0.2) is 0 Å². The van der Waals surface area contributed by atoms with E-state index in [0.717, 1.165) is 5.92 Å². The van der Waals surface area contributed by atoms with E-state index >= 15 is 0 Å². The van der Waals surface area contributed by atoms with Crippen molar-refractivity contribution in [1.82, 2.24) is 5.32 Å². The van der Waals surface area contributed by atoms with Gasteiger partial charge in [0.25, 0.3) is 5.91 Å². The van der Waals surface area contributed by atoms with Crippen molar-refractivity contribution in [3.05, 3.63) is 83.4 Å². The Kier molecular flexibility index (Phi) is 7.03. The van der Waals surface area contributed by atoms with E-state index in [0.29, 0.717) is 23.9 Å². The monoisotopic (exact) mass is 415 g/mol. The third-order valence-electron chi connectivity index (χ3n) is 6.87. The lowest BCUT2D eigenvalue weighted by Gasteiger charge is -2.31. The van der Waals surface area contributed by atoms with Gasteiger partial charge in [0.1, 0.15) is 0 Å². The number of hydrogen-bond acceptors (Lipinski definition) is 2. The van der Waals surface area contributed by atoms with Crippen LogP contribution in [-0.4, -0.2) is 24.2 Å². The molecule has 31 heavy (non-hydrogen) atoms. The standard InChI is InChI=1S/C28H33NO2/c1-20(26-11-5-8-23-7-2-3-10-27(23)26)18-21-6-4-9-25(19-21)22-12-14-24(15-13-22)28(31)29-16-17-30/h2-3,5,7-8,10-15,20-21,25,30H,4,6,9,16-19H2,1H3,(H,29,31)/t20-,21?,25?/m0/s1. The summed E-state index contributed by atoms with van der Waals surface area (Å²) < 4.78 is 0. The zero-order chi connectivity index (χ0) is 21.6. The Labute approximate surface area is 185 Å². The number of carbonyl (C=O) groups excluding carboxylic acids is 1. The number of rotatable bonds is 7. The highest BCUT2D eigenvalue weighted by atomic mass is 16.3. The first kappa shape index (κ1) is 21.6. The van der Waals surface area contributed by atoms with Crippen molar-refractivity contribution in [2.75, 3.05) is 13.2 Å². The molecule has 0 aromatic heterocycles. The first-order valence-electron chi connectivity index (χ1n) is 11.6. The maximum absolute atomic E-state index is 12.1. The highest BCUT2D eigenvalue weighted by molar-refractivity contribution is 5.94. The molecule has 3 aromatic rings. The van der Waals surface area contributed by atoms with E-state index in [1.165, 1.54) is 54.0 Å². The molecule has 1 aliphatic carbocycles. The van der Waals surface area contributed by atoms with Crippen molar-refractivity contribution in [2.45, 2.75) is 50.9 Å². The number of hydrogen-bond donors (Lipinski definition) is 2. The molecule has 1 fully saturated rings. The maximum Gasteiger partial charge on any atom is 0.251 e. The molecule has 1 saturated carbocycles. The number of aliphatic hydroxyl groups excluding tert-OH is 1. The first-order chi connectivity index (χ1) is 15.2. The summed E-state index contributed by atoms with van der Waals surface area (Å²) in [6.07, 6.45) is 6.27. The zero-order valence-corrected chi connectivity index (χ0v) is 18.4. The van der Waals surface area contributed by atoms with Gasteiger partial charge in [-0.05, 0) is 71.0 Å². The molecule has 1 aliphatic rings. The van der Waals surface area contributed by atoms with Crippen molar-refractivity contribution in [1.29, 1.82) is 0 Å². The Morgan fingerprint density at radius 2 is 1.81 bits per heavy atom. The van der Waals surface area contributed by atoms with Crippen LogP contribution >= 0.6 is 0 Å². The van der Waals surface area contributed by atoms with Crippen LogP contribution in [0.5, 0.6) is 0 Å². The molecule has 0 spiro atoms. The number of carbonyl (C=O) groups is 1. The van der Waals surface area contributed by atoms with Crippen LogP contribution in [0.4, 0.5) is 0 Å². The molecule has 0 saturated heterocycles. The largest absolute Gasteiger partial charge is 0.395 e. The average molecular weight is 416 g/mol. The van der Waals surface area contributed by atoms with Gasteiger partial charge in [-0.3, -0.25) is 4.79 Å². The number of aliphatic hydroxyl groups is 1. The number of nitrogens with one attached hydrogen (secondary N) is 1. The smallest absolute Gasteiger partial charge is 0.251 e. The summed E-state index contributed by atoms with van der Waals surface area (Å²) in [7, 11) is 0. The van der Waals surface area contributed by atoms with Crippen LogP contribution in [0.3, 0.4) is 0 Å². The molecule has 0 heterocycles. The molecule has 0 bridgehead atoms. The molecule has 0 radical (unpaired) electrons. The maximum atomic E-state index is 12.1. The molecule has 4 rings (SSSR count). The zero-order valence-electron chi connectivity index (χ0n) is 18.4. The summed E-state index contributed by atoms with van der Waals surface area (Å²) in [5.74, 6) is 1.74. The Bertz CT molecular complexity index is 1010. The highest BCUT2D eigenvalue weighted by Crippen LogP contribution is 2.41. The van der Waals surface area contributed by atoms with Gasteiger partial charge in [0.05, 0.1) is 6.61 Å². The summed E-state index contributed by atoms with van der Waals surface area (Å²) >= 11 is 0. The molecule has 162 valence electrons. The van der Waals surface area contributed by atoms with E-state index in [-0.39, 0.29) is 12.5 Å². The molecular weight excluding hydrogens is 382 g/mol. The quantitative estimate of drug-likeness (QED) is 0.495. The summed E-state index contributed by atoms with van der Waals surface area (Å²) in [4.78, 5) is 12.1. The second-order valence-corrected chi connectivity index (χ2v) is 9.04. The summed E-state index contributed by atoms with van der Waals surface area (Å²) in [5.41, 5.74) is 3.48. The fraction of sp³-hybridized carbons (Fsp3) is 0.393. The highest BCUT2D eigenvalue weighted by Gasteiger charge is 2.25. The minimum atomic E-state index is -0.119. The Hall–Kier alpha value is -2.65. The normalized spacial score (nSPS) is 19.8. The Morgan fingerprint density at radius 3 is 2.61 bits per heavy atom. The van der Waals surface area contributed by atoms with Gasteiger partial charge in [-0.25, -0.2) is 0 Å². The fourth-order valence-corrected chi connectivity index (χ4v) is 5.29. The molecule has 3 heteroatoms. The lowest BCUT2D eigenvalue weighted by atomic mass is 9.74. The van der Waals surface area contributed by atoms with E-state index in [1.807, 2.05) is 12.1 Å². The molecule has 3 atom stereocenters. The Morgan fingerprint density at radius 1 is 1.03 bits per heavy atom. The molecular formula is C28H33NO2. The van der Waals surface area contributed by atoms with Gasteiger partial charge in [-0.15, -0.1) is 0 Å². The van der Waals surface area contributed by atoms with E-state index in [4.69, 9.17) is 5.11 Å². The van der Waals surface area contributed by atoms with Gasteiger partial charge in [0.2, 0.25) is 0 Å². The van der Waals surface area contributed by atoms with E-state index < -0.39 is 0 Å². The second-order valence-electron chi connectivity index (χ2n) is 9.04. The minimum Gasteiger partial charge on any atom is -0.395 e. The van der Waals surface area contributed by atoms with E-state index in [2.05, 4.69) is 66.8 Å². The topological polar surface area (TPSA) is 49.3 Å².